The third kappa shape index (κ3) is 3.77. The van der Waals surface area contributed by atoms with Gasteiger partial charge in [-0.3, -0.25) is 9.48 Å². The second-order valence-electron chi connectivity index (χ2n) is 6.31. The number of carbonyl (C=O) groups is 2. The number of nitrogens with one attached hydrogen (secondary N) is 1. The minimum Gasteiger partial charge on any atom is -0.465 e. The van der Waals surface area contributed by atoms with Crippen LogP contribution < -0.4 is 5.32 Å². The van der Waals surface area contributed by atoms with Crippen LogP contribution in [0.4, 0.5) is 5.69 Å². The lowest BCUT2D eigenvalue weighted by molar-refractivity contribution is 0.0600. The average molecular weight is 315 g/mol. The summed E-state index contributed by atoms with van der Waals surface area (Å²) >= 11 is 0. The first-order valence-corrected chi connectivity index (χ1v) is 7.26. The molecule has 6 heteroatoms. The van der Waals surface area contributed by atoms with Crippen molar-refractivity contribution in [1.29, 1.82) is 0 Å². The standard InChI is InChI=1S/C17H21N3O3/c1-17(2,3)14-10-13(20(4)19-14)15(21)18-12-8-6-7-11(9-12)16(22)23-5/h6-10H,1-5H3,(H,18,21). The topological polar surface area (TPSA) is 73.2 Å². The van der Waals surface area contributed by atoms with Gasteiger partial charge in [-0.2, -0.15) is 5.10 Å². The van der Waals surface area contributed by atoms with E-state index in [0.29, 0.717) is 16.9 Å². The highest BCUT2D eigenvalue weighted by Crippen LogP contribution is 2.22. The van der Waals surface area contributed by atoms with Gasteiger partial charge in [-0.1, -0.05) is 26.8 Å². The van der Waals surface area contributed by atoms with Gasteiger partial charge < -0.3 is 10.1 Å². The number of hydrogen-bond donors (Lipinski definition) is 1. The Balaban J connectivity index is 2.23. The Morgan fingerprint density at radius 3 is 2.48 bits per heavy atom. The molecule has 0 atom stereocenters. The number of ether oxygens (including phenoxy) is 1. The molecule has 0 saturated carbocycles. The summed E-state index contributed by atoms with van der Waals surface area (Å²) in [6.45, 7) is 6.12. The van der Waals surface area contributed by atoms with Gasteiger partial charge in [0.15, 0.2) is 0 Å². The lowest BCUT2D eigenvalue weighted by atomic mass is 9.92. The summed E-state index contributed by atoms with van der Waals surface area (Å²) in [4.78, 5) is 24.0. The second kappa shape index (κ2) is 6.24. The number of amides is 1. The number of aromatic nitrogens is 2. The van der Waals surface area contributed by atoms with E-state index in [1.54, 1.807) is 42.1 Å². The Labute approximate surface area is 135 Å². The van der Waals surface area contributed by atoms with E-state index >= 15 is 0 Å². The molecule has 23 heavy (non-hydrogen) atoms. The van der Waals surface area contributed by atoms with Gasteiger partial charge in [0.2, 0.25) is 0 Å². The van der Waals surface area contributed by atoms with Gasteiger partial charge in [-0.15, -0.1) is 0 Å². The predicted molar refractivity (Wildman–Crippen MR) is 87.6 cm³/mol. The van der Waals surface area contributed by atoms with Crippen LogP contribution in [0.3, 0.4) is 0 Å². The first-order chi connectivity index (χ1) is 10.7. The molecular weight excluding hydrogens is 294 g/mol. The number of benzene rings is 1. The summed E-state index contributed by atoms with van der Waals surface area (Å²) in [5.74, 6) is -0.728. The summed E-state index contributed by atoms with van der Waals surface area (Å²) in [6.07, 6.45) is 0. The van der Waals surface area contributed by atoms with Crippen LogP contribution in [0.5, 0.6) is 0 Å². The highest BCUT2D eigenvalue weighted by Gasteiger charge is 2.21. The van der Waals surface area contributed by atoms with Crippen molar-refractivity contribution in [1.82, 2.24) is 9.78 Å². The zero-order valence-electron chi connectivity index (χ0n) is 14.0. The highest BCUT2D eigenvalue weighted by molar-refractivity contribution is 6.03. The molecule has 1 aromatic carbocycles. The summed E-state index contributed by atoms with van der Waals surface area (Å²) in [5.41, 5.74) is 2.06. The van der Waals surface area contributed by atoms with Gasteiger partial charge in [0.1, 0.15) is 5.69 Å². The molecule has 2 rings (SSSR count). The van der Waals surface area contributed by atoms with Crippen LogP contribution >= 0.6 is 0 Å². The fourth-order valence-electron chi connectivity index (χ4n) is 2.08. The maximum Gasteiger partial charge on any atom is 0.337 e. The van der Waals surface area contributed by atoms with E-state index in [4.69, 9.17) is 0 Å². The number of rotatable bonds is 3. The number of aryl methyl sites for hydroxylation is 1. The minimum atomic E-state index is -0.448. The molecule has 0 bridgehead atoms. The largest absolute Gasteiger partial charge is 0.465 e. The average Bonchev–Trinajstić information content (AvgIpc) is 2.89. The van der Waals surface area contributed by atoms with Crippen molar-refractivity contribution in [2.24, 2.45) is 7.05 Å². The molecule has 1 aromatic heterocycles. The zero-order valence-corrected chi connectivity index (χ0v) is 14.0. The van der Waals surface area contributed by atoms with E-state index in [2.05, 4.69) is 15.2 Å². The number of methoxy groups -OCH3 is 1. The van der Waals surface area contributed by atoms with Gasteiger partial charge in [-0.25, -0.2) is 4.79 Å². The normalized spacial score (nSPS) is 11.2. The van der Waals surface area contributed by atoms with Gasteiger partial charge >= 0.3 is 5.97 Å². The Hall–Kier alpha value is -2.63. The molecule has 0 saturated heterocycles. The van der Waals surface area contributed by atoms with Crippen molar-refractivity contribution in [2.45, 2.75) is 26.2 Å². The molecule has 0 unspecified atom stereocenters. The smallest absolute Gasteiger partial charge is 0.337 e. The van der Waals surface area contributed by atoms with E-state index < -0.39 is 5.97 Å². The van der Waals surface area contributed by atoms with Crippen LogP contribution in [0.1, 0.15) is 47.3 Å². The van der Waals surface area contributed by atoms with Gasteiger partial charge in [0.25, 0.3) is 5.91 Å². The number of hydrogen-bond acceptors (Lipinski definition) is 4. The molecule has 0 radical (unpaired) electrons. The van der Waals surface area contributed by atoms with E-state index in [1.807, 2.05) is 20.8 Å². The molecule has 122 valence electrons. The number of carbonyl (C=O) groups excluding carboxylic acids is 2. The Bertz CT molecular complexity index is 742. The van der Waals surface area contributed by atoms with E-state index in [1.165, 1.54) is 7.11 Å². The van der Waals surface area contributed by atoms with Crippen molar-refractivity contribution in [2.75, 3.05) is 12.4 Å². The zero-order chi connectivity index (χ0) is 17.2. The van der Waals surface area contributed by atoms with Gasteiger partial charge in [-0.05, 0) is 24.3 Å². The lowest BCUT2D eigenvalue weighted by Crippen LogP contribution is -2.16. The van der Waals surface area contributed by atoms with Crippen molar-refractivity contribution in [3.8, 4) is 0 Å². The van der Waals surface area contributed by atoms with Gasteiger partial charge in [0.05, 0.1) is 18.4 Å². The van der Waals surface area contributed by atoms with Crippen LogP contribution in [0.2, 0.25) is 0 Å². The van der Waals surface area contributed by atoms with Crippen LogP contribution in [0.25, 0.3) is 0 Å². The van der Waals surface area contributed by atoms with Crippen molar-refractivity contribution in [3.63, 3.8) is 0 Å². The molecule has 1 N–H and O–H groups in total. The molecule has 0 aliphatic carbocycles. The van der Waals surface area contributed by atoms with Crippen molar-refractivity contribution < 1.29 is 14.3 Å². The molecule has 1 heterocycles. The van der Waals surface area contributed by atoms with Crippen LogP contribution in [0, 0.1) is 0 Å². The first-order valence-electron chi connectivity index (χ1n) is 7.26. The third-order valence-corrected chi connectivity index (χ3v) is 3.42. The molecule has 0 aliphatic rings. The summed E-state index contributed by atoms with van der Waals surface area (Å²) in [5, 5.41) is 7.16. The maximum atomic E-state index is 12.4. The van der Waals surface area contributed by atoms with E-state index in [-0.39, 0.29) is 11.3 Å². The van der Waals surface area contributed by atoms with Gasteiger partial charge in [0, 0.05) is 18.2 Å². The predicted octanol–water partition coefficient (Wildman–Crippen LogP) is 2.76. The van der Waals surface area contributed by atoms with Crippen LogP contribution in [-0.4, -0.2) is 28.8 Å². The first kappa shape index (κ1) is 16.7. The Morgan fingerprint density at radius 1 is 1.22 bits per heavy atom. The van der Waals surface area contributed by atoms with Crippen molar-refractivity contribution in [3.05, 3.63) is 47.3 Å². The number of esters is 1. The molecule has 2 aromatic rings. The Kier molecular flexibility index (Phi) is 4.54. The molecule has 1 amide bonds. The maximum absolute atomic E-state index is 12.4. The highest BCUT2D eigenvalue weighted by atomic mass is 16.5. The number of anilines is 1. The second-order valence-corrected chi connectivity index (χ2v) is 6.31. The molecule has 0 aliphatic heterocycles. The SMILES string of the molecule is COC(=O)c1cccc(NC(=O)c2cc(C(C)(C)C)nn2C)c1. The van der Waals surface area contributed by atoms with E-state index in [0.717, 1.165) is 5.69 Å². The molecule has 6 nitrogen and oxygen atoms in total. The monoisotopic (exact) mass is 315 g/mol. The van der Waals surface area contributed by atoms with Crippen molar-refractivity contribution >= 4 is 17.6 Å². The molecule has 0 fully saturated rings. The quantitative estimate of drug-likeness (QED) is 0.884. The Morgan fingerprint density at radius 2 is 1.91 bits per heavy atom. The molecule has 0 spiro atoms. The van der Waals surface area contributed by atoms with Crippen LogP contribution in [0.15, 0.2) is 30.3 Å². The van der Waals surface area contributed by atoms with Crippen LogP contribution in [-0.2, 0) is 17.2 Å². The summed E-state index contributed by atoms with van der Waals surface area (Å²) < 4.78 is 6.23. The minimum absolute atomic E-state index is 0.138. The van der Waals surface area contributed by atoms with E-state index in [9.17, 15) is 9.59 Å². The fourth-order valence-corrected chi connectivity index (χ4v) is 2.08. The molecular formula is C17H21N3O3. The number of nitrogens with zero attached hydrogens (tertiary/aromatic N) is 2. The fraction of sp³-hybridized carbons (Fsp3) is 0.353. The third-order valence-electron chi connectivity index (χ3n) is 3.42. The lowest BCUT2D eigenvalue weighted by Gasteiger charge is -2.13. The summed E-state index contributed by atoms with van der Waals surface area (Å²) in [6, 6.07) is 8.38. The summed E-state index contributed by atoms with van der Waals surface area (Å²) in [7, 11) is 3.05.